The molecule has 0 atom stereocenters. The topological polar surface area (TPSA) is 74.6 Å². The number of pyridine rings is 1. The monoisotopic (exact) mass is 380 g/mol. The molecular formula is C23H28N2O3. The van der Waals surface area contributed by atoms with E-state index in [9.17, 15) is 10.2 Å². The van der Waals surface area contributed by atoms with Gasteiger partial charge in [0, 0.05) is 23.7 Å². The van der Waals surface area contributed by atoms with Gasteiger partial charge in [-0.2, -0.15) is 0 Å². The number of hydrogen-bond acceptors (Lipinski definition) is 5. The Morgan fingerprint density at radius 1 is 1.25 bits per heavy atom. The minimum absolute atomic E-state index is 0.0416. The predicted octanol–water partition coefficient (Wildman–Crippen LogP) is 4.90. The van der Waals surface area contributed by atoms with Crippen molar-refractivity contribution < 1.29 is 14.9 Å². The van der Waals surface area contributed by atoms with Crippen LogP contribution in [-0.2, 0) is 0 Å². The van der Waals surface area contributed by atoms with Crippen LogP contribution < -0.4 is 10.1 Å². The molecule has 5 heteroatoms. The number of aromatic nitrogens is 1. The summed E-state index contributed by atoms with van der Waals surface area (Å²) >= 11 is 0. The Kier molecular flexibility index (Phi) is 5.63. The van der Waals surface area contributed by atoms with E-state index in [0.29, 0.717) is 23.9 Å². The van der Waals surface area contributed by atoms with E-state index in [1.807, 2.05) is 38.1 Å². The quantitative estimate of drug-likeness (QED) is 0.540. The van der Waals surface area contributed by atoms with Crippen LogP contribution in [0.4, 0.5) is 0 Å². The third-order valence-corrected chi connectivity index (χ3v) is 5.03. The summed E-state index contributed by atoms with van der Waals surface area (Å²) in [6.07, 6.45) is 4.21. The van der Waals surface area contributed by atoms with Gasteiger partial charge in [-0.3, -0.25) is 4.98 Å². The summed E-state index contributed by atoms with van der Waals surface area (Å²) in [5.41, 5.74) is 2.08. The lowest BCUT2D eigenvalue weighted by molar-refractivity contribution is 0.259. The van der Waals surface area contributed by atoms with Crippen molar-refractivity contribution in [2.45, 2.75) is 26.7 Å². The Morgan fingerprint density at radius 3 is 2.64 bits per heavy atom. The van der Waals surface area contributed by atoms with E-state index in [0.717, 1.165) is 23.5 Å². The maximum atomic E-state index is 10.5. The van der Waals surface area contributed by atoms with E-state index >= 15 is 0 Å². The van der Waals surface area contributed by atoms with E-state index in [1.54, 1.807) is 12.3 Å². The third-order valence-electron chi connectivity index (χ3n) is 5.03. The summed E-state index contributed by atoms with van der Waals surface area (Å²) in [5.74, 6) is 1.65. The lowest BCUT2D eigenvalue weighted by Gasteiger charge is -2.24. The fourth-order valence-corrected chi connectivity index (χ4v) is 2.62. The highest BCUT2D eigenvalue weighted by Gasteiger charge is 2.23. The number of nitrogens with one attached hydrogen (secondary N) is 1. The first-order chi connectivity index (χ1) is 13.3. The summed E-state index contributed by atoms with van der Waals surface area (Å²) < 4.78 is 5.83. The van der Waals surface area contributed by atoms with Crippen molar-refractivity contribution in [3.05, 3.63) is 61.1 Å². The molecule has 1 saturated carbocycles. The van der Waals surface area contributed by atoms with Crippen molar-refractivity contribution >= 4 is 5.70 Å². The van der Waals surface area contributed by atoms with Crippen molar-refractivity contribution in [3.8, 4) is 22.6 Å². The Balaban J connectivity index is 1.70. The van der Waals surface area contributed by atoms with Gasteiger partial charge in [0.1, 0.15) is 17.2 Å². The summed E-state index contributed by atoms with van der Waals surface area (Å²) in [6.45, 7) is 12.4. The lowest BCUT2D eigenvalue weighted by atomic mass is 9.91. The fraction of sp³-hybridized carbons (Fsp3) is 0.348. The molecule has 1 fully saturated rings. The zero-order valence-electron chi connectivity index (χ0n) is 16.5. The summed E-state index contributed by atoms with van der Waals surface area (Å²) in [5, 5.41) is 23.2. The average Bonchev–Trinajstić information content (AvgIpc) is 3.49. The molecule has 0 aliphatic heterocycles. The van der Waals surface area contributed by atoms with Gasteiger partial charge in [-0.25, -0.2) is 0 Å². The number of hydrogen-bond donors (Lipinski definition) is 3. The largest absolute Gasteiger partial charge is 0.512 e. The fourth-order valence-electron chi connectivity index (χ4n) is 2.62. The normalized spacial score (nSPS) is 13.8. The molecule has 3 N–H and O–H groups in total. The van der Waals surface area contributed by atoms with Crippen LogP contribution in [0.2, 0.25) is 0 Å². The molecule has 1 aliphatic carbocycles. The second kappa shape index (κ2) is 7.97. The highest BCUT2D eigenvalue weighted by atomic mass is 16.5. The number of rotatable bonds is 9. The molecule has 0 unspecified atom stereocenters. The SMILES string of the molecule is C=C(NCC(C)(C)C(=C)O)c1ncc(-c2cccc(OCC3CC3)c2)cc1O. The molecule has 148 valence electrons. The molecule has 1 heterocycles. The summed E-state index contributed by atoms with van der Waals surface area (Å²) in [6, 6.07) is 9.47. The van der Waals surface area contributed by atoms with Crippen LogP contribution in [-0.4, -0.2) is 28.3 Å². The van der Waals surface area contributed by atoms with Gasteiger partial charge in [0.2, 0.25) is 0 Å². The minimum atomic E-state index is -0.514. The molecule has 2 aromatic rings. The van der Waals surface area contributed by atoms with Crippen LogP contribution in [0.25, 0.3) is 16.8 Å². The van der Waals surface area contributed by atoms with Gasteiger partial charge in [-0.15, -0.1) is 0 Å². The van der Waals surface area contributed by atoms with E-state index in [-0.39, 0.29) is 11.5 Å². The molecule has 0 bridgehead atoms. The summed E-state index contributed by atoms with van der Waals surface area (Å²) in [4.78, 5) is 4.38. The standard InChI is InChI=1S/C23H28N2O3/c1-15(25-14-23(3,4)16(2)26)22-21(27)11-19(12-24-22)18-6-5-7-20(10-18)28-13-17-8-9-17/h5-7,10-12,17,25-27H,1-2,8-9,13-14H2,3-4H3. The molecule has 0 saturated heterocycles. The second-order valence-electron chi connectivity index (χ2n) is 8.04. The van der Waals surface area contributed by atoms with Gasteiger partial charge < -0.3 is 20.3 Å². The zero-order valence-corrected chi connectivity index (χ0v) is 16.5. The highest BCUT2D eigenvalue weighted by molar-refractivity contribution is 5.71. The molecule has 3 rings (SSSR count). The van der Waals surface area contributed by atoms with Crippen LogP contribution in [0.5, 0.6) is 11.5 Å². The predicted molar refractivity (Wildman–Crippen MR) is 112 cm³/mol. The van der Waals surface area contributed by atoms with E-state index in [2.05, 4.69) is 23.5 Å². The Morgan fingerprint density at radius 2 is 2.00 bits per heavy atom. The smallest absolute Gasteiger partial charge is 0.143 e. The second-order valence-corrected chi connectivity index (χ2v) is 8.04. The lowest BCUT2D eigenvalue weighted by Crippen LogP contribution is -2.29. The van der Waals surface area contributed by atoms with Crippen molar-refractivity contribution in [2.24, 2.45) is 11.3 Å². The maximum Gasteiger partial charge on any atom is 0.143 e. The number of nitrogens with zero attached hydrogens (tertiary/aromatic N) is 1. The van der Waals surface area contributed by atoms with Gasteiger partial charge >= 0.3 is 0 Å². The Labute approximate surface area is 166 Å². The Bertz CT molecular complexity index is 885. The highest BCUT2D eigenvalue weighted by Crippen LogP contribution is 2.32. The molecule has 0 amide bonds. The first-order valence-corrected chi connectivity index (χ1v) is 9.50. The third kappa shape index (κ3) is 4.85. The molecule has 1 aromatic heterocycles. The van der Waals surface area contributed by atoms with Gasteiger partial charge in [-0.05, 0) is 42.5 Å². The molecule has 1 aromatic carbocycles. The van der Waals surface area contributed by atoms with E-state index in [4.69, 9.17) is 4.74 Å². The van der Waals surface area contributed by atoms with Crippen LogP contribution in [0, 0.1) is 11.3 Å². The summed E-state index contributed by atoms with van der Waals surface area (Å²) in [7, 11) is 0. The number of aromatic hydroxyl groups is 1. The molecule has 0 radical (unpaired) electrons. The Hall–Kier alpha value is -2.95. The number of aliphatic hydroxyl groups excluding tert-OH is 1. The van der Waals surface area contributed by atoms with E-state index in [1.165, 1.54) is 12.8 Å². The molecule has 1 aliphatic rings. The van der Waals surface area contributed by atoms with Crippen molar-refractivity contribution in [1.29, 1.82) is 0 Å². The average molecular weight is 380 g/mol. The first-order valence-electron chi connectivity index (χ1n) is 9.50. The van der Waals surface area contributed by atoms with Crippen molar-refractivity contribution in [2.75, 3.05) is 13.2 Å². The van der Waals surface area contributed by atoms with Crippen LogP contribution >= 0.6 is 0 Å². The number of aliphatic hydroxyl groups is 1. The van der Waals surface area contributed by atoms with Gasteiger partial charge in [0.25, 0.3) is 0 Å². The molecule has 28 heavy (non-hydrogen) atoms. The van der Waals surface area contributed by atoms with Gasteiger partial charge in [0.15, 0.2) is 0 Å². The number of ether oxygens (including phenoxy) is 1. The van der Waals surface area contributed by atoms with Crippen LogP contribution in [0.3, 0.4) is 0 Å². The van der Waals surface area contributed by atoms with Crippen molar-refractivity contribution in [1.82, 2.24) is 10.3 Å². The van der Waals surface area contributed by atoms with E-state index < -0.39 is 5.41 Å². The van der Waals surface area contributed by atoms with Crippen LogP contribution in [0.15, 0.2) is 55.4 Å². The zero-order chi connectivity index (χ0) is 20.3. The molecule has 0 spiro atoms. The number of benzene rings is 1. The van der Waals surface area contributed by atoms with Crippen molar-refractivity contribution in [3.63, 3.8) is 0 Å². The minimum Gasteiger partial charge on any atom is -0.512 e. The molecule has 5 nitrogen and oxygen atoms in total. The first kappa shape index (κ1) is 19.8. The van der Waals surface area contributed by atoms with Gasteiger partial charge in [-0.1, -0.05) is 39.1 Å². The van der Waals surface area contributed by atoms with Gasteiger partial charge in [0.05, 0.1) is 18.1 Å². The maximum absolute atomic E-state index is 10.5. The molecular weight excluding hydrogens is 352 g/mol. The van der Waals surface area contributed by atoms with Crippen LogP contribution in [0.1, 0.15) is 32.4 Å².